The van der Waals surface area contributed by atoms with Crippen LogP contribution in [0.15, 0.2) is 6.07 Å². The number of anilines is 1. The molecular formula is C13H24N4O2. The highest BCUT2D eigenvalue weighted by Crippen LogP contribution is 2.20. The van der Waals surface area contributed by atoms with Crippen LogP contribution >= 0.6 is 0 Å². The molecule has 0 aliphatic carbocycles. The number of amides is 1. The first-order valence-electron chi connectivity index (χ1n) is 6.44. The average molecular weight is 268 g/mol. The predicted octanol–water partition coefficient (Wildman–Crippen LogP) is 1.17. The summed E-state index contributed by atoms with van der Waals surface area (Å²) in [6.45, 7) is 7.97. The minimum Gasteiger partial charge on any atom is -0.383 e. The van der Waals surface area contributed by atoms with Crippen LogP contribution in [0.3, 0.4) is 0 Å². The number of aromatic nitrogens is 2. The first kappa shape index (κ1) is 15.7. The molecule has 0 aliphatic rings. The maximum Gasteiger partial charge on any atom is 0.239 e. The number of carbonyl (C=O) groups is 1. The molecule has 3 N–H and O–H groups in total. The van der Waals surface area contributed by atoms with Crippen LogP contribution in [0.4, 0.5) is 5.82 Å². The minimum atomic E-state index is -0.107. The number of hydrogen-bond acceptors (Lipinski definition) is 4. The molecule has 0 spiro atoms. The van der Waals surface area contributed by atoms with Gasteiger partial charge in [-0.05, 0) is 11.8 Å². The predicted molar refractivity (Wildman–Crippen MR) is 75.1 cm³/mol. The topological polar surface area (TPSA) is 79.0 Å². The molecule has 0 fully saturated rings. The van der Waals surface area contributed by atoms with Gasteiger partial charge in [-0.15, -0.1) is 0 Å². The quantitative estimate of drug-likeness (QED) is 0.649. The normalized spacial score (nSPS) is 11.6. The first-order chi connectivity index (χ1) is 8.90. The molecule has 0 bridgehead atoms. The van der Waals surface area contributed by atoms with Crippen molar-refractivity contribution in [2.45, 2.75) is 27.2 Å². The van der Waals surface area contributed by atoms with Gasteiger partial charge in [0, 0.05) is 25.4 Å². The Morgan fingerprint density at radius 1 is 1.47 bits per heavy atom. The van der Waals surface area contributed by atoms with Crippen LogP contribution in [0.2, 0.25) is 0 Å². The van der Waals surface area contributed by atoms with Gasteiger partial charge < -0.3 is 15.4 Å². The molecule has 1 aromatic heterocycles. The lowest BCUT2D eigenvalue weighted by molar-refractivity contribution is -0.115. The van der Waals surface area contributed by atoms with Gasteiger partial charge in [-0.25, -0.2) is 0 Å². The third-order valence-electron chi connectivity index (χ3n) is 2.39. The van der Waals surface area contributed by atoms with Gasteiger partial charge in [-0.1, -0.05) is 20.8 Å². The van der Waals surface area contributed by atoms with Gasteiger partial charge in [0.2, 0.25) is 5.91 Å². The molecule has 0 aliphatic heterocycles. The van der Waals surface area contributed by atoms with E-state index in [2.05, 4.69) is 41.6 Å². The Morgan fingerprint density at radius 2 is 2.21 bits per heavy atom. The van der Waals surface area contributed by atoms with Crippen molar-refractivity contribution >= 4 is 11.7 Å². The van der Waals surface area contributed by atoms with Crippen LogP contribution in [-0.2, 0) is 16.0 Å². The molecule has 1 heterocycles. The Labute approximate surface area is 114 Å². The van der Waals surface area contributed by atoms with E-state index in [1.807, 2.05) is 6.07 Å². The van der Waals surface area contributed by atoms with Crippen molar-refractivity contribution in [1.29, 1.82) is 0 Å². The van der Waals surface area contributed by atoms with E-state index in [-0.39, 0.29) is 17.9 Å². The fourth-order valence-electron chi connectivity index (χ4n) is 1.65. The van der Waals surface area contributed by atoms with Gasteiger partial charge in [0.05, 0.1) is 13.2 Å². The summed E-state index contributed by atoms with van der Waals surface area (Å²) in [7, 11) is 1.63. The Morgan fingerprint density at radius 3 is 2.84 bits per heavy atom. The summed E-state index contributed by atoms with van der Waals surface area (Å²) in [4.78, 5) is 11.6. The third kappa shape index (κ3) is 6.93. The van der Waals surface area contributed by atoms with Gasteiger partial charge in [0.1, 0.15) is 0 Å². The van der Waals surface area contributed by atoms with Crippen molar-refractivity contribution in [3.05, 3.63) is 11.8 Å². The maximum atomic E-state index is 11.6. The smallest absolute Gasteiger partial charge is 0.239 e. The Balaban J connectivity index is 2.34. The number of nitrogens with zero attached hydrogens (tertiary/aromatic N) is 1. The molecule has 0 saturated heterocycles. The van der Waals surface area contributed by atoms with E-state index in [0.717, 1.165) is 12.1 Å². The summed E-state index contributed by atoms with van der Waals surface area (Å²) in [5.41, 5.74) is 1.21. The van der Waals surface area contributed by atoms with Gasteiger partial charge in [0.15, 0.2) is 5.82 Å². The lowest BCUT2D eigenvalue weighted by atomic mass is 9.91. The molecule has 19 heavy (non-hydrogen) atoms. The highest BCUT2D eigenvalue weighted by molar-refractivity contribution is 5.91. The summed E-state index contributed by atoms with van der Waals surface area (Å²) in [5.74, 6) is 0.461. The number of carbonyl (C=O) groups excluding carboxylic acids is 1. The second kappa shape index (κ2) is 7.25. The standard InChI is InChI=1S/C13H24N4O2/c1-13(2,3)8-10-7-11(17-16-10)15-12(18)9-14-5-6-19-4/h7,14H,5-6,8-9H2,1-4H3,(H2,15,16,17,18). The van der Waals surface area contributed by atoms with E-state index in [1.165, 1.54) is 0 Å². The van der Waals surface area contributed by atoms with Gasteiger partial charge in [0.25, 0.3) is 0 Å². The van der Waals surface area contributed by atoms with Crippen LogP contribution in [0.5, 0.6) is 0 Å². The van der Waals surface area contributed by atoms with Crippen molar-refractivity contribution < 1.29 is 9.53 Å². The van der Waals surface area contributed by atoms with E-state index >= 15 is 0 Å². The Kier molecular flexibility index (Phi) is 5.98. The molecular weight excluding hydrogens is 244 g/mol. The van der Waals surface area contributed by atoms with E-state index in [1.54, 1.807) is 7.11 Å². The molecule has 0 unspecified atom stereocenters. The lowest BCUT2D eigenvalue weighted by Crippen LogP contribution is -2.30. The largest absolute Gasteiger partial charge is 0.383 e. The summed E-state index contributed by atoms with van der Waals surface area (Å²) in [6, 6.07) is 1.87. The maximum absolute atomic E-state index is 11.6. The second-order valence-corrected chi connectivity index (χ2v) is 5.73. The molecule has 6 heteroatoms. The van der Waals surface area contributed by atoms with Gasteiger partial charge >= 0.3 is 0 Å². The number of hydrogen-bond donors (Lipinski definition) is 3. The highest BCUT2D eigenvalue weighted by Gasteiger charge is 2.13. The van der Waals surface area contributed by atoms with Crippen molar-refractivity contribution in [2.24, 2.45) is 5.41 Å². The molecule has 1 aromatic rings. The van der Waals surface area contributed by atoms with Crippen molar-refractivity contribution in [2.75, 3.05) is 32.1 Å². The van der Waals surface area contributed by atoms with E-state index < -0.39 is 0 Å². The molecule has 0 atom stereocenters. The number of H-pyrrole nitrogens is 1. The zero-order chi connectivity index (χ0) is 14.3. The summed E-state index contributed by atoms with van der Waals surface area (Å²) >= 11 is 0. The number of methoxy groups -OCH3 is 1. The highest BCUT2D eigenvalue weighted by atomic mass is 16.5. The number of ether oxygens (including phenoxy) is 1. The molecule has 1 rings (SSSR count). The number of aromatic amines is 1. The van der Waals surface area contributed by atoms with Gasteiger partial charge in [-0.3, -0.25) is 9.89 Å². The van der Waals surface area contributed by atoms with Crippen LogP contribution in [0, 0.1) is 5.41 Å². The Bertz CT molecular complexity index is 396. The fraction of sp³-hybridized carbons (Fsp3) is 0.692. The molecule has 0 saturated carbocycles. The SMILES string of the molecule is COCCNCC(=O)Nc1cc(CC(C)(C)C)[nH]n1. The fourth-order valence-corrected chi connectivity index (χ4v) is 1.65. The minimum absolute atomic E-state index is 0.107. The molecule has 1 amide bonds. The second-order valence-electron chi connectivity index (χ2n) is 5.73. The van der Waals surface area contributed by atoms with Crippen LogP contribution in [0.1, 0.15) is 26.5 Å². The molecule has 108 valence electrons. The van der Waals surface area contributed by atoms with Crippen molar-refractivity contribution in [3.63, 3.8) is 0 Å². The zero-order valence-electron chi connectivity index (χ0n) is 12.2. The average Bonchev–Trinajstić information content (AvgIpc) is 2.69. The number of rotatable bonds is 7. The van der Waals surface area contributed by atoms with Crippen LogP contribution < -0.4 is 10.6 Å². The summed E-state index contributed by atoms with van der Waals surface area (Å²) in [6.07, 6.45) is 0.891. The summed E-state index contributed by atoms with van der Waals surface area (Å²) in [5, 5.41) is 12.7. The number of nitrogens with one attached hydrogen (secondary N) is 3. The summed E-state index contributed by atoms with van der Waals surface area (Å²) < 4.78 is 4.88. The van der Waals surface area contributed by atoms with Crippen LogP contribution in [-0.4, -0.2) is 42.9 Å². The van der Waals surface area contributed by atoms with Crippen molar-refractivity contribution in [1.82, 2.24) is 15.5 Å². The third-order valence-corrected chi connectivity index (χ3v) is 2.39. The van der Waals surface area contributed by atoms with Crippen molar-refractivity contribution in [3.8, 4) is 0 Å². The van der Waals surface area contributed by atoms with E-state index in [0.29, 0.717) is 19.0 Å². The molecule has 0 aromatic carbocycles. The van der Waals surface area contributed by atoms with Crippen LogP contribution in [0.25, 0.3) is 0 Å². The molecule has 0 radical (unpaired) electrons. The van der Waals surface area contributed by atoms with E-state index in [4.69, 9.17) is 4.74 Å². The van der Waals surface area contributed by atoms with Gasteiger partial charge in [-0.2, -0.15) is 5.10 Å². The Hall–Kier alpha value is -1.40. The monoisotopic (exact) mass is 268 g/mol. The zero-order valence-corrected chi connectivity index (χ0v) is 12.2. The molecule has 6 nitrogen and oxygen atoms in total. The first-order valence-corrected chi connectivity index (χ1v) is 6.44. The lowest BCUT2D eigenvalue weighted by Gasteiger charge is -2.15. The van der Waals surface area contributed by atoms with E-state index in [9.17, 15) is 4.79 Å².